The van der Waals surface area contributed by atoms with Crippen LogP contribution in [0.15, 0.2) is 103 Å². The average molecular weight is 475 g/mol. The van der Waals surface area contributed by atoms with Crippen LogP contribution in [0, 0.1) is 0 Å². The van der Waals surface area contributed by atoms with Crippen molar-refractivity contribution >= 4 is 40.0 Å². The van der Waals surface area contributed by atoms with E-state index in [0.29, 0.717) is 33.7 Å². The molecule has 2 aromatic heterocycles. The van der Waals surface area contributed by atoms with E-state index >= 15 is 0 Å². The summed E-state index contributed by atoms with van der Waals surface area (Å²) in [6, 6.07) is 27.9. The van der Waals surface area contributed by atoms with E-state index in [1.165, 1.54) is 17.8 Å². The number of amides is 1. The third-order valence-corrected chi connectivity index (χ3v) is 5.74. The predicted octanol–water partition coefficient (Wildman–Crippen LogP) is 5.91. The van der Waals surface area contributed by atoms with Crippen molar-refractivity contribution in [2.45, 2.75) is 6.42 Å². The number of carbonyl (C=O) groups is 2. The molecular weight excluding hydrogens is 452 g/mol. The zero-order valence-corrected chi connectivity index (χ0v) is 19.2. The molecule has 3 N–H and O–H groups in total. The average Bonchev–Trinajstić information content (AvgIpc) is 2.91. The van der Waals surface area contributed by atoms with Crippen LogP contribution in [0.2, 0.25) is 0 Å². The van der Waals surface area contributed by atoms with Gasteiger partial charge in [-0.2, -0.15) is 0 Å². The summed E-state index contributed by atoms with van der Waals surface area (Å²) in [6.45, 7) is 0. The Morgan fingerprint density at radius 3 is 2.25 bits per heavy atom. The molecule has 1 amide bonds. The number of aromatic carboxylic acids is 1. The van der Waals surface area contributed by atoms with Gasteiger partial charge in [0.25, 0.3) is 5.91 Å². The second kappa shape index (κ2) is 10.1. The maximum atomic E-state index is 12.7. The zero-order valence-electron chi connectivity index (χ0n) is 19.2. The first kappa shape index (κ1) is 22.7. The van der Waals surface area contributed by atoms with Crippen molar-refractivity contribution < 1.29 is 14.7 Å². The van der Waals surface area contributed by atoms with Crippen LogP contribution in [0.25, 0.3) is 10.9 Å². The Kier molecular flexibility index (Phi) is 6.36. The van der Waals surface area contributed by atoms with Gasteiger partial charge in [-0.1, -0.05) is 42.5 Å². The Labute approximate surface area is 207 Å². The van der Waals surface area contributed by atoms with Crippen LogP contribution in [-0.2, 0) is 6.42 Å². The maximum absolute atomic E-state index is 12.7. The van der Waals surface area contributed by atoms with Crippen molar-refractivity contribution in [3.8, 4) is 0 Å². The number of anilines is 3. The third kappa shape index (κ3) is 5.20. The van der Waals surface area contributed by atoms with E-state index in [2.05, 4.69) is 32.7 Å². The van der Waals surface area contributed by atoms with Gasteiger partial charge >= 0.3 is 5.97 Å². The molecular formula is C29H22N4O3. The summed E-state index contributed by atoms with van der Waals surface area (Å²) in [5.41, 5.74) is 5.02. The van der Waals surface area contributed by atoms with Crippen LogP contribution in [0.1, 0.15) is 31.8 Å². The molecule has 0 fully saturated rings. The molecule has 0 atom stereocenters. The van der Waals surface area contributed by atoms with Gasteiger partial charge in [-0.05, 0) is 66.1 Å². The summed E-state index contributed by atoms with van der Waals surface area (Å²) in [7, 11) is 0. The molecule has 0 saturated carbocycles. The van der Waals surface area contributed by atoms with Crippen molar-refractivity contribution in [1.29, 1.82) is 0 Å². The summed E-state index contributed by atoms with van der Waals surface area (Å²) in [5.74, 6) is -0.749. The van der Waals surface area contributed by atoms with Gasteiger partial charge in [0.1, 0.15) is 5.82 Å². The molecule has 176 valence electrons. The first-order valence-corrected chi connectivity index (χ1v) is 11.3. The van der Waals surface area contributed by atoms with Crippen LogP contribution in [0.4, 0.5) is 17.2 Å². The Bertz CT molecular complexity index is 1530. The molecule has 0 aliphatic heterocycles. The third-order valence-electron chi connectivity index (χ3n) is 5.74. The van der Waals surface area contributed by atoms with Gasteiger partial charge in [0.15, 0.2) is 0 Å². The highest BCUT2D eigenvalue weighted by molar-refractivity contribution is 6.04. The van der Waals surface area contributed by atoms with Gasteiger partial charge in [-0.25, -0.2) is 9.78 Å². The number of aromatic nitrogens is 2. The maximum Gasteiger partial charge on any atom is 0.335 e. The fraction of sp³-hybridized carbons (Fsp3) is 0.0345. The van der Waals surface area contributed by atoms with Crippen molar-refractivity contribution in [3.05, 3.63) is 126 Å². The number of hydrogen-bond donors (Lipinski definition) is 3. The Morgan fingerprint density at radius 1 is 0.778 bits per heavy atom. The topological polar surface area (TPSA) is 104 Å². The smallest absolute Gasteiger partial charge is 0.335 e. The number of nitrogens with one attached hydrogen (secondary N) is 2. The van der Waals surface area contributed by atoms with Gasteiger partial charge in [0, 0.05) is 23.5 Å². The summed E-state index contributed by atoms with van der Waals surface area (Å²) in [5, 5.41) is 16.0. The number of hydrogen-bond acceptors (Lipinski definition) is 5. The minimum atomic E-state index is -1.01. The lowest BCUT2D eigenvalue weighted by Gasteiger charge is -2.10. The highest BCUT2D eigenvalue weighted by atomic mass is 16.4. The summed E-state index contributed by atoms with van der Waals surface area (Å²) < 4.78 is 0. The molecule has 0 saturated heterocycles. The molecule has 36 heavy (non-hydrogen) atoms. The molecule has 5 rings (SSSR count). The minimum Gasteiger partial charge on any atom is -0.478 e. The lowest BCUT2D eigenvalue weighted by molar-refractivity contribution is 0.0697. The predicted molar refractivity (Wildman–Crippen MR) is 140 cm³/mol. The zero-order chi connectivity index (χ0) is 24.9. The number of carboxylic acids is 1. The molecule has 0 spiro atoms. The van der Waals surface area contributed by atoms with Crippen LogP contribution in [-0.4, -0.2) is 27.0 Å². The van der Waals surface area contributed by atoms with Crippen LogP contribution < -0.4 is 10.6 Å². The van der Waals surface area contributed by atoms with Gasteiger partial charge in [0.2, 0.25) is 0 Å². The normalized spacial score (nSPS) is 10.7. The molecule has 0 unspecified atom stereocenters. The van der Waals surface area contributed by atoms with Crippen LogP contribution >= 0.6 is 0 Å². The summed E-state index contributed by atoms with van der Waals surface area (Å²) >= 11 is 0. The van der Waals surface area contributed by atoms with Crippen molar-refractivity contribution in [1.82, 2.24) is 9.97 Å². The van der Waals surface area contributed by atoms with E-state index in [1.807, 2.05) is 42.5 Å². The number of carboxylic acid groups (broad SMARTS) is 1. The second-order valence-corrected chi connectivity index (χ2v) is 8.27. The van der Waals surface area contributed by atoms with Gasteiger partial charge in [0.05, 0.1) is 22.3 Å². The summed E-state index contributed by atoms with van der Waals surface area (Å²) in [6.07, 6.45) is 3.96. The molecule has 5 aromatic rings. The van der Waals surface area contributed by atoms with E-state index in [9.17, 15) is 14.7 Å². The highest BCUT2D eigenvalue weighted by Gasteiger charge is 2.10. The standard InChI is InChI=1S/C29H22N4O3/c34-28(32-23-10-6-20(7-11-23)16-19-4-2-1-3-5-19)22-9-13-27(31-18-22)33-26-14-15-30-25-12-8-21(29(35)36)17-24(25)26/h1-15,17-18H,16H2,(H,32,34)(H,35,36)(H,30,31,33). The number of carbonyl (C=O) groups excluding carboxylic acids is 1. The van der Waals surface area contributed by atoms with E-state index in [4.69, 9.17) is 0 Å². The molecule has 3 aromatic carbocycles. The quantitative estimate of drug-likeness (QED) is 0.271. The van der Waals surface area contributed by atoms with Crippen molar-refractivity contribution in [2.75, 3.05) is 10.6 Å². The molecule has 2 heterocycles. The number of fused-ring (bicyclic) bond motifs is 1. The Balaban J connectivity index is 1.25. The van der Waals surface area contributed by atoms with Crippen LogP contribution in [0.5, 0.6) is 0 Å². The van der Waals surface area contributed by atoms with Crippen LogP contribution in [0.3, 0.4) is 0 Å². The molecule has 0 bridgehead atoms. The Hall–Kier alpha value is -5.04. The molecule has 7 nitrogen and oxygen atoms in total. The van der Waals surface area contributed by atoms with E-state index in [1.54, 1.807) is 36.5 Å². The first-order chi connectivity index (χ1) is 17.5. The van der Waals surface area contributed by atoms with E-state index in [0.717, 1.165) is 12.0 Å². The minimum absolute atomic E-state index is 0.173. The SMILES string of the molecule is O=C(O)c1ccc2nccc(Nc3ccc(C(=O)Nc4ccc(Cc5ccccc5)cc4)cn3)c2c1. The number of nitrogens with zero attached hydrogens (tertiary/aromatic N) is 2. The molecule has 0 radical (unpaired) electrons. The van der Waals surface area contributed by atoms with E-state index < -0.39 is 5.97 Å². The van der Waals surface area contributed by atoms with E-state index in [-0.39, 0.29) is 11.5 Å². The lowest BCUT2D eigenvalue weighted by atomic mass is 10.0. The fourth-order valence-electron chi connectivity index (χ4n) is 3.87. The fourth-order valence-corrected chi connectivity index (χ4v) is 3.87. The molecule has 7 heteroatoms. The van der Waals surface area contributed by atoms with Gasteiger partial charge < -0.3 is 15.7 Å². The second-order valence-electron chi connectivity index (χ2n) is 8.27. The number of benzene rings is 3. The number of pyridine rings is 2. The molecule has 0 aliphatic carbocycles. The van der Waals surface area contributed by atoms with Gasteiger partial charge in [-0.3, -0.25) is 9.78 Å². The summed E-state index contributed by atoms with van der Waals surface area (Å²) in [4.78, 5) is 32.7. The lowest BCUT2D eigenvalue weighted by Crippen LogP contribution is -2.12. The molecule has 0 aliphatic rings. The van der Waals surface area contributed by atoms with Crippen molar-refractivity contribution in [3.63, 3.8) is 0 Å². The highest BCUT2D eigenvalue weighted by Crippen LogP contribution is 2.25. The number of rotatable bonds is 7. The van der Waals surface area contributed by atoms with Gasteiger partial charge in [-0.15, -0.1) is 0 Å². The largest absolute Gasteiger partial charge is 0.478 e. The first-order valence-electron chi connectivity index (χ1n) is 11.3. The Morgan fingerprint density at radius 2 is 1.53 bits per heavy atom. The monoisotopic (exact) mass is 474 g/mol. The van der Waals surface area contributed by atoms with Crippen molar-refractivity contribution in [2.24, 2.45) is 0 Å².